The Hall–Kier alpha value is -3.59. The molecular weight excluding hydrogens is 431 g/mol. The zero-order chi connectivity index (χ0) is 23.0. The molecule has 0 aliphatic heterocycles. The van der Waals surface area contributed by atoms with Crippen molar-refractivity contribution in [1.82, 2.24) is 14.2 Å². The molecule has 3 heterocycles. The molecule has 4 aromatic rings. The molecule has 0 radical (unpaired) electrons. The third-order valence-corrected chi connectivity index (χ3v) is 6.35. The molecule has 3 aromatic heterocycles. The van der Waals surface area contributed by atoms with E-state index in [4.69, 9.17) is 4.74 Å². The zero-order valence-electron chi connectivity index (χ0n) is 18.0. The van der Waals surface area contributed by atoms with Gasteiger partial charge in [0, 0.05) is 22.6 Å². The van der Waals surface area contributed by atoms with Gasteiger partial charge < -0.3 is 9.30 Å². The molecule has 0 N–H and O–H groups in total. The summed E-state index contributed by atoms with van der Waals surface area (Å²) in [5, 5.41) is 4.67. The van der Waals surface area contributed by atoms with Gasteiger partial charge in [-0.1, -0.05) is 0 Å². The molecular formula is C23H21FN4O3S. The molecule has 9 heteroatoms. The fourth-order valence-electron chi connectivity index (χ4n) is 3.62. The lowest BCUT2D eigenvalue weighted by Crippen LogP contribution is -2.17. The summed E-state index contributed by atoms with van der Waals surface area (Å²) in [5.74, 6) is -0.759. The lowest BCUT2D eigenvalue weighted by atomic mass is 10.2. The standard InChI is InChI=1S/C23H21FN4O3S/c1-5-31-23(30)20-14(3)19-21(32-20)25-12-27(22(19)29)26-11-16-10-13(2)28(15(16)4)18-8-6-17(24)7-9-18/h6-12H,5H2,1-4H3. The Bertz CT molecular complexity index is 1410. The largest absolute Gasteiger partial charge is 0.462 e. The maximum absolute atomic E-state index is 13.3. The number of fused-ring (bicyclic) bond motifs is 1. The van der Waals surface area contributed by atoms with Crippen LogP contribution in [0, 0.1) is 26.6 Å². The minimum atomic E-state index is -0.462. The van der Waals surface area contributed by atoms with Crippen LogP contribution in [-0.4, -0.2) is 33.0 Å². The van der Waals surface area contributed by atoms with E-state index in [9.17, 15) is 14.0 Å². The second-order valence-corrected chi connectivity index (χ2v) is 8.23. The quantitative estimate of drug-likeness (QED) is 0.333. The first-order valence-electron chi connectivity index (χ1n) is 9.99. The lowest BCUT2D eigenvalue weighted by Gasteiger charge is -2.09. The van der Waals surface area contributed by atoms with Crippen molar-refractivity contribution in [2.45, 2.75) is 27.7 Å². The summed E-state index contributed by atoms with van der Waals surface area (Å²) in [6, 6.07) is 8.18. The van der Waals surface area contributed by atoms with E-state index >= 15 is 0 Å². The summed E-state index contributed by atoms with van der Waals surface area (Å²) < 4.78 is 21.5. The number of hydrogen-bond donors (Lipinski definition) is 0. The van der Waals surface area contributed by atoms with Crippen molar-refractivity contribution in [3.8, 4) is 5.69 Å². The second kappa shape index (κ2) is 8.51. The van der Waals surface area contributed by atoms with Crippen molar-refractivity contribution in [2.75, 3.05) is 6.61 Å². The van der Waals surface area contributed by atoms with Gasteiger partial charge in [-0.2, -0.15) is 9.78 Å². The van der Waals surface area contributed by atoms with Gasteiger partial charge in [-0.3, -0.25) is 4.79 Å². The summed E-state index contributed by atoms with van der Waals surface area (Å²) in [6.07, 6.45) is 2.93. The van der Waals surface area contributed by atoms with Crippen LogP contribution in [-0.2, 0) is 4.74 Å². The van der Waals surface area contributed by atoms with Gasteiger partial charge in [0.05, 0.1) is 18.2 Å². The van der Waals surface area contributed by atoms with Crippen LogP contribution in [0.4, 0.5) is 4.39 Å². The number of halogens is 1. The van der Waals surface area contributed by atoms with E-state index in [-0.39, 0.29) is 18.0 Å². The molecule has 0 aliphatic carbocycles. The number of ether oxygens (including phenoxy) is 1. The molecule has 0 fully saturated rings. The molecule has 0 amide bonds. The summed E-state index contributed by atoms with van der Waals surface area (Å²) >= 11 is 1.13. The topological polar surface area (TPSA) is 78.5 Å². The fourth-order valence-corrected chi connectivity index (χ4v) is 4.65. The first-order chi connectivity index (χ1) is 15.3. The highest BCUT2D eigenvalue weighted by atomic mass is 32.1. The Labute approximate surface area is 187 Å². The van der Waals surface area contributed by atoms with Crippen molar-refractivity contribution < 1.29 is 13.9 Å². The summed E-state index contributed by atoms with van der Waals surface area (Å²) in [6.45, 7) is 7.56. The summed E-state index contributed by atoms with van der Waals surface area (Å²) in [5.41, 5.74) is 3.68. The minimum Gasteiger partial charge on any atom is -0.462 e. The van der Waals surface area contributed by atoms with Crippen molar-refractivity contribution in [3.05, 3.63) is 80.2 Å². The van der Waals surface area contributed by atoms with E-state index in [0.717, 1.165) is 38.7 Å². The highest BCUT2D eigenvalue weighted by Gasteiger charge is 2.20. The van der Waals surface area contributed by atoms with Crippen LogP contribution >= 0.6 is 11.3 Å². The Morgan fingerprint density at radius 1 is 1.25 bits per heavy atom. The second-order valence-electron chi connectivity index (χ2n) is 7.23. The van der Waals surface area contributed by atoms with Gasteiger partial charge in [0.2, 0.25) is 0 Å². The monoisotopic (exact) mass is 452 g/mol. The molecule has 0 saturated heterocycles. The Morgan fingerprint density at radius 2 is 1.97 bits per heavy atom. The number of aromatic nitrogens is 3. The Morgan fingerprint density at radius 3 is 2.66 bits per heavy atom. The summed E-state index contributed by atoms with van der Waals surface area (Å²) in [4.78, 5) is 30.3. The van der Waals surface area contributed by atoms with Gasteiger partial charge in [-0.15, -0.1) is 11.3 Å². The molecule has 7 nitrogen and oxygen atoms in total. The van der Waals surface area contributed by atoms with Crippen molar-refractivity contribution in [3.63, 3.8) is 0 Å². The fraction of sp³-hybridized carbons (Fsp3) is 0.217. The summed E-state index contributed by atoms with van der Waals surface area (Å²) in [7, 11) is 0. The predicted molar refractivity (Wildman–Crippen MR) is 123 cm³/mol. The molecule has 0 bridgehead atoms. The predicted octanol–water partition coefficient (Wildman–Crippen LogP) is 4.37. The third kappa shape index (κ3) is 3.75. The normalized spacial score (nSPS) is 11.5. The number of carbonyl (C=O) groups is 1. The number of esters is 1. The average Bonchev–Trinajstić information content (AvgIpc) is 3.25. The van der Waals surface area contributed by atoms with Crippen LogP contribution in [0.15, 0.2) is 46.6 Å². The molecule has 1 aromatic carbocycles. The molecule has 32 heavy (non-hydrogen) atoms. The van der Waals surface area contributed by atoms with Crippen LogP contribution < -0.4 is 5.56 Å². The smallest absolute Gasteiger partial charge is 0.348 e. The first kappa shape index (κ1) is 21.6. The average molecular weight is 453 g/mol. The molecule has 0 saturated carbocycles. The Balaban J connectivity index is 1.72. The van der Waals surface area contributed by atoms with Crippen molar-refractivity contribution in [1.29, 1.82) is 0 Å². The highest BCUT2D eigenvalue weighted by molar-refractivity contribution is 7.20. The van der Waals surface area contributed by atoms with Crippen LogP contribution in [0.5, 0.6) is 0 Å². The van der Waals surface area contributed by atoms with E-state index in [1.165, 1.54) is 18.5 Å². The third-order valence-electron chi connectivity index (χ3n) is 5.17. The number of carbonyl (C=O) groups excluding carboxylic acids is 1. The Kier molecular flexibility index (Phi) is 5.75. The lowest BCUT2D eigenvalue weighted by molar-refractivity contribution is 0.0531. The number of nitrogens with zero attached hydrogens (tertiary/aromatic N) is 4. The van der Waals surface area contributed by atoms with Crippen LogP contribution in [0.2, 0.25) is 0 Å². The number of aryl methyl sites for hydroxylation is 2. The van der Waals surface area contributed by atoms with Gasteiger partial charge in [0.25, 0.3) is 5.56 Å². The number of benzene rings is 1. The molecule has 0 aliphatic rings. The van der Waals surface area contributed by atoms with Gasteiger partial charge in [-0.05, 0) is 63.6 Å². The van der Waals surface area contributed by atoms with E-state index in [1.807, 2.05) is 24.5 Å². The maximum Gasteiger partial charge on any atom is 0.348 e. The number of rotatable bonds is 5. The molecule has 0 spiro atoms. The van der Waals surface area contributed by atoms with Crippen LogP contribution in [0.3, 0.4) is 0 Å². The maximum atomic E-state index is 13.3. The number of hydrogen-bond acceptors (Lipinski definition) is 6. The van der Waals surface area contributed by atoms with Gasteiger partial charge >= 0.3 is 5.97 Å². The van der Waals surface area contributed by atoms with Crippen LogP contribution in [0.25, 0.3) is 15.9 Å². The van der Waals surface area contributed by atoms with Gasteiger partial charge in [-0.25, -0.2) is 14.2 Å². The molecule has 0 atom stereocenters. The van der Waals surface area contributed by atoms with E-state index < -0.39 is 5.97 Å². The van der Waals surface area contributed by atoms with Crippen LogP contribution in [0.1, 0.15) is 39.1 Å². The van der Waals surface area contributed by atoms with E-state index in [0.29, 0.717) is 20.7 Å². The van der Waals surface area contributed by atoms with Gasteiger partial charge in [0.1, 0.15) is 21.9 Å². The highest BCUT2D eigenvalue weighted by Crippen LogP contribution is 2.27. The minimum absolute atomic E-state index is 0.255. The SMILES string of the molecule is CCOC(=O)c1sc2ncn(N=Cc3cc(C)n(-c4ccc(F)cc4)c3C)c(=O)c2c1C. The van der Waals surface area contributed by atoms with E-state index in [1.54, 1.807) is 32.2 Å². The van der Waals surface area contributed by atoms with Gasteiger partial charge in [0.15, 0.2) is 0 Å². The van der Waals surface area contributed by atoms with Crippen molar-refractivity contribution in [2.24, 2.45) is 5.10 Å². The first-order valence-corrected chi connectivity index (χ1v) is 10.8. The molecule has 164 valence electrons. The van der Waals surface area contributed by atoms with E-state index in [2.05, 4.69) is 10.1 Å². The molecule has 0 unspecified atom stereocenters. The molecule has 4 rings (SSSR count). The number of thiophene rings is 1. The van der Waals surface area contributed by atoms with Crippen molar-refractivity contribution >= 4 is 33.7 Å². The zero-order valence-corrected chi connectivity index (χ0v) is 18.9.